The molecule has 0 amide bonds. The van der Waals surface area contributed by atoms with Gasteiger partial charge in [-0.3, -0.25) is 0 Å². The molecule has 13 heavy (non-hydrogen) atoms. The minimum atomic E-state index is -0.667. The van der Waals surface area contributed by atoms with Crippen LogP contribution < -0.4 is 0 Å². The Morgan fingerprint density at radius 1 is 1.69 bits per heavy atom. The van der Waals surface area contributed by atoms with Gasteiger partial charge in [0.05, 0.1) is 0 Å². The van der Waals surface area contributed by atoms with E-state index < -0.39 is 8.60 Å². The first-order chi connectivity index (χ1) is 5.09. The molecule has 72 valence electrons. The molecule has 1 unspecified atom stereocenters. The standard InChI is InChI=1S/C6H9O2.H2NOP.2U/c1-4-8-6(7)5(2)3;1-3-2;;/h1-2,4H2,3H3;(H2,1,2);;/q-1;;;/p+1. The molecule has 0 aliphatic rings. The molecule has 2 N–H and O–H groups in total. The third-order valence-electron chi connectivity index (χ3n) is 0.582. The fourth-order valence-corrected chi connectivity index (χ4v) is 0.216. The van der Waals surface area contributed by atoms with Gasteiger partial charge in [0.2, 0.25) is 0 Å². The van der Waals surface area contributed by atoms with Gasteiger partial charge >= 0.3 is 14.6 Å². The summed E-state index contributed by atoms with van der Waals surface area (Å²) in [5.74, 6) is -0.375. The topological polar surface area (TPSA) is 70.4 Å². The summed E-state index contributed by atoms with van der Waals surface area (Å²) in [5, 5.41) is 5.79. The number of esters is 1. The van der Waals surface area contributed by atoms with E-state index in [0.29, 0.717) is 5.57 Å². The van der Waals surface area contributed by atoms with Crippen LogP contribution in [0.3, 0.4) is 0 Å². The van der Waals surface area contributed by atoms with Crippen LogP contribution in [0, 0.1) is 74.3 Å². The molecule has 0 spiro atoms. The van der Waals surface area contributed by atoms with E-state index >= 15 is 0 Å². The molecular weight excluding hydrogens is 641 g/mol. The summed E-state index contributed by atoms with van der Waals surface area (Å²) < 4.78 is 4.45. The number of nitrogens with one attached hydrogen (secondary N) is 1. The van der Waals surface area contributed by atoms with Gasteiger partial charge in [0.15, 0.2) is 0 Å². The van der Waals surface area contributed by atoms with Crippen molar-refractivity contribution in [3.8, 4) is 0 Å². The fraction of sp³-hybridized carbons (Fsp3) is 0.333. The summed E-state index contributed by atoms with van der Waals surface area (Å²) in [6.07, 6.45) is 0. The van der Waals surface area contributed by atoms with Crippen LogP contribution in [0.15, 0.2) is 12.2 Å². The van der Waals surface area contributed by atoms with Crippen molar-refractivity contribution in [1.82, 2.24) is 0 Å². The van der Waals surface area contributed by atoms with Gasteiger partial charge < -0.3 is 11.7 Å². The average Bonchev–Trinajstić information content (AvgIpc) is 1.90. The van der Waals surface area contributed by atoms with Gasteiger partial charge in [-0.05, 0) is 13.5 Å². The van der Waals surface area contributed by atoms with Crippen LogP contribution in [0.1, 0.15) is 6.92 Å². The van der Waals surface area contributed by atoms with Crippen molar-refractivity contribution in [2.24, 2.45) is 0 Å². The fourth-order valence-electron chi connectivity index (χ4n) is 0.216. The predicted molar refractivity (Wildman–Crippen MR) is 44.4 cm³/mol. The minimum absolute atomic E-state index is 0. The quantitative estimate of drug-likeness (QED) is 0.205. The Balaban J connectivity index is -0.0000000720. The smallest absolute Gasteiger partial charge is 0.348 e. The monoisotopic (exact) mass is 653 g/mol. The summed E-state index contributed by atoms with van der Waals surface area (Å²) in [6.45, 7) is 8.46. The van der Waals surface area contributed by atoms with E-state index in [9.17, 15) is 4.79 Å². The van der Waals surface area contributed by atoms with Crippen LogP contribution in [0.2, 0.25) is 0 Å². The van der Waals surface area contributed by atoms with Gasteiger partial charge in [-0.25, -0.2) is 4.79 Å². The van der Waals surface area contributed by atoms with E-state index in [1.54, 1.807) is 6.92 Å². The van der Waals surface area contributed by atoms with Gasteiger partial charge in [0.25, 0.3) is 0 Å². The molecule has 0 rings (SSSR count). The minimum Gasteiger partial charge on any atom is -0.496 e. The molecule has 0 bridgehead atoms. The number of rotatable bonds is 2. The Morgan fingerprint density at radius 3 is 2.08 bits per heavy atom. The predicted octanol–water partition coefficient (Wildman–Crippen LogP) is 1.27. The largest absolute Gasteiger partial charge is 0.496 e. The van der Waals surface area contributed by atoms with E-state index in [-0.39, 0.29) is 74.8 Å². The van der Waals surface area contributed by atoms with Crippen molar-refractivity contribution in [3.05, 3.63) is 19.1 Å². The molecule has 0 fully saturated rings. The first-order valence-corrected chi connectivity index (χ1v) is 3.72. The molecule has 0 aromatic carbocycles. The molecule has 0 radical (unpaired) electrons. The normalized spacial score (nSPS) is 6.69. The Hall–Kier alpha value is 1.37. The zero-order chi connectivity index (χ0) is 9.28. The number of ether oxygens (including phenoxy) is 1. The second-order valence-electron chi connectivity index (χ2n) is 1.53. The third-order valence-corrected chi connectivity index (χ3v) is 0.582. The van der Waals surface area contributed by atoms with Crippen molar-refractivity contribution in [2.45, 2.75) is 6.92 Å². The molecule has 0 saturated carbocycles. The van der Waals surface area contributed by atoms with E-state index in [0.717, 1.165) is 0 Å². The molecule has 0 aliphatic heterocycles. The Kier molecular flexibility index (Phi) is 35.0. The van der Waals surface area contributed by atoms with Crippen molar-refractivity contribution in [3.63, 3.8) is 0 Å². The van der Waals surface area contributed by atoms with Gasteiger partial charge in [0, 0.05) is 67.8 Å². The molecule has 0 aromatic heterocycles. The molecule has 0 saturated heterocycles. The summed E-state index contributed by atoms with van der Waals surface area (Å²) in [5.41, 5.74) is 0.411. The Labute approximate surface area is 127 Å². The van der Waals surface area contributed by atoms with E-state index in [1.807, 2.05) is 0 Å². The maximum absolute atomic E-state index is 10.4. The third kappa shape index (κ3) is 24.7. The zero-order valence-electron chi connectivity index (χ0n) is 7.39. The van der Waals surface area contributed by atoms with E-state index in [4.69, 9.17) is 10.1 Å². The number of hydrogen-bond donors (Lipinski definition) is 2. The summed E-state index contributed by atoms with van der Waals surface area (Å²) >= 11 is 0. The van der Waals surface area contributed by atoms with Crippen molar-refractivity contribution < 1.29 is 76.7 Å². The number of carbonyl (C=O) groups excluding carboxylic acids is 1. The van der Waals surface area contributed by atoms with Crippen molar-refractivity contribution in [2.75, 3.05) is 6.61 Å². The van der Waals surface area contributed by atoms with E-state index in [2.05, 4.69) is 18.2 Å². The number of hydrogen-bond acceptors (Lipinski definition) is 3. The average molecular weight is 653 g/mol. The summed E-state index contributed by atoms with van der Waals surface area (Å²) in [4.78, 5) is 17.6. The van der Waals surface area contributed by atoms with Crippen LogP contribution in [0.4, 0.5) is 0 Å². The summed E-state index contributed by atoms with van der Waals surface area (Å²) in [6, 6.07) is 0. The van der Waals surface area contributed by atoms with Crippen LogP contribution >= 0.6 is 8.60 Å². The Morgan fingerprint density at radius 2 is 2.00 bits per heavy atom. The zero-order valence-corrected chi connectivity index (χ0v) is 16.7. The van der Waals surface area contributed by atoms with Crippen LogP contribution in [-0.2, 0) is 9.53 Å². The van der Waals surface area contributed by atoms with E-state index in [1.165, 1.54) is 0 Å². The van der Waals surface area contributed by atoms with Crippen molar-refractivity contribution >= 4 is 14.6 Å². The van der Waals surface area contributed by atoms with Gasteiger partial charge in [-0.2, -0.15) is 4.89 Å². The maximum Gasteiger partial charge on any atom is 0.348 e. The van der Waals surface area contributed by atoms with Crippen LogP contribution in [0.5, 0.6) is 0 Å². The van der Waals surface area contributed by atoms with Gasteiger partial charge in [0.1, 0.15) is 0 Å². The molecule has 0 aromatic rings. The van der Waals surface area contributed by atoms with Crippen LogP contribution in [0.25, 0.3) is 0 Å². The second-order valence-corrected chi connectivity index (χ2v) is 1.75. The SMILES string of the molecule is C=C(C)C(=O)OC[CH2-].N=[PH+]O.[U].[U]. The Bertz CT molecular complexity index is 155. The molecular formula is C6H12NO3PU2. The van der Waals surface area contributed by atoms with Gasteiger partial charge in [-0.15, -0.1) is 0 Å². The van der Waals surface area contributed by atoms with Gasteiger partial charge in [-0.1, -0.05) is 11.7 Å². The molecule has 1 atom stereocenters. The summed E-state index contributed by atoms with van der Waals surface area (Å²) in [7, 11) is -0.667. The van der Waals surface area contributed by atoms with Crippen LogP contribution in [-0.4, -0.2) is 17.5 Å². The number of carbonyl (C=O) groups is 1. The molecule has 0 aliphatic carbocycles. The molecule has 4 nitrogen and oxygen atoms in total. The second kappa shape index (κ2) is 19.0. The molecule has 0 heterocycles. The first-order valence-electron chi connectivity index (χ1n) is 2.77. The maximum atomic E-state index is 10.4. The molecule has 7 heteroatoms. The van der Waals surface area contributed by atoms with Crippen molar-refractivity contribution in [1.29, 1.82) is 5.16 Å². The first kappa shape index (κ1) is 23.9.